The van der Waals surface area contributed by atoms with Crippen molar-refractivity contribution in [2.75, 3.05) is 31.2 Å². The van der Waals surface area contributed by atoms with Crippen molar-refractivity contribution in [1.29, 1.82) is 0 Å². The molecule has 3 aromatic rings. The SMILES string of the molecule is CC(c1cc2c(c(C(F)(F)F)c1)CN(c1cccc(C3([C@@H](F)c4nncn4C)COC3)c1)C2=O)N1CCC2(CC2)C1. The first-order valence-corrected chi connectivity index (χ1v) is 14.0. The van der Waals surface area contributed by atoms with Crippen LogP contribution in [0.1, 0.15) is 76.8 Å². The lowest BCUT2D eigenvalue weighted by Gasteiger charge is -2.43. The largest absolute Gasteiger partial charge is 0.416 e. The lowest BCUT2D eigenvalue weighted by Crippen LogP contribution is -2.50. The van der Waals surface area contributed by atoms with Gasteiger partial charge in [0.1, 0.15) is 6.33 Å². The number of benzene rings is 2. The van der Waals surface area contributed by atoms with Crippen molar-refractivity contribution in [3.8, 4) is 0 Å². The predicted molar refractivity (Wildman–Crippen MR) is 142 cm³/mol. The van der Waals surface area contributed by atoms with E-state index in [4.69, 9.17) is 4.74 Å². The van der Waals surface area contributed by atoms with Crippen LogP contribution in [0.15, 0.2) is 42.7 Å². The number of amides is 1. The van der Waals surface area contributed by atoms with Gasteiger partial charge in [0.25, 0.3) is 5.91 Å². The Morgan fingerprint density at radius 1 is 1.10 bits per heavy atom. The molecule has 7 rings (SSSR count). The molecule has 0 radical (unpaired) electrons. The Morgan fingerprint density at radius 3 is 2.49 bits per heavy atom. The molecular weight excluding hydrogens is 538 g/mol. The van der Waals surface area contributed by atoms with Crippen LogP contribution in [0.5, 0.6) is 0 Å². The number of aryl methyl sites for hydroxylation is 1. The van der Waals surface area contributed by atoms with Crippen LogP contribution >= 0.6 is 0 Å². The fraction of sp³-hybridized carbons (Fsp3) is 0.500. The van der Waals surface area contributed by atoms with Gasteiger partial charge in [0.15, 0.2) is 12.0 Å². The lowest BCUT2D eigenvalue weighted by atomic mass is 9.74. The number of rotatable bonds is 6. The van der Waals surface area contributed by atoms with E-state index in [1.54, 1.807) is 37.4 Å². The molecule has 1 unspecified atom stereocenters. The summed E-state index contributed by atoms with van der Waals surface area (Å²) in [4.78, 5) is 17.3. The van der Waals surface area contributed by atoms with Gasteiger partial charge >= 0.3 is 6.18 Å². The third-order valence-corrected chi connectivity index (χ3v) is 9.73. The molecule has 41 heavy (non-hydrogen) atoms. The maximum Gasteiger partial charge on any atom is 0.416 e. The van der Waals surface area contributed by atoms with Crippen molar-refractivity contribution in [2.45, 2.75) is 56.5 Å². The highest BCUT2D eigenvalue weighted by Crippen LogP contribution is 2.54. The van der Waals surface area contributed by atoms with Crippen LogP contribution in [-0.4, -0.2) is 51.9 Å². The van der Waals surface area contributed by atoms with E-state index in [0.29, 0.717) is 22.2 Å². The van der Waals surface area contributed by atoms with Gasteiger partial charge in [-0.3, -0.25) is 9.69 Å². The van der Waals surface area contributed by atoms with Crippen molar-refractivity contribution >= 4 is 11.6 Å². The van der Waals surface area contributed by atoms with Crippen LogP contribution in [0, 0.1) is 5.41 Å². The maximum absolute atomic E-state index is 15.9. The summed E-state index contributed by atoms with van der Waals surface area (Å²) in [6, 6.07) is 9.45. The summed E-state index contributed by atoms with van der Waals surface area (Å²) in [5.41, 5.74) is 0.105. The van der Waals surface area contributed by atoms with E-state index in [2.05, 4.69) is 15.1 Å². The van der Waals surface area contributed by atoms with Crippen LogP contribution < -0.4 is 4.90 Å². The summed E-state index contributed by atoms with van der Waals surface area (Å²) in [6.07, 6.45) is -1.28. The van der Waals surface area contributed by atoms with Crippen molar-refractivity contribution in [3.63, 3.8) is 0 Å². The molecule has 2 saturated heterocycles. The highest BCUT2D eigenvalue weighted by molar-refractivity contribution is 6.10. The summed E-state index contributed by atoms with van der Waals surface area (Å²) < 4.78 is 65.9. The fourth-order valence-corrected chi connectivity index (χ4v) is 6.76. The molecule has 1 saturated carbocycles. The summed E-state index contributed by atoms with van der Waals surface area (Å²) in [7, 11) is 1.66. The Bertz CT molecular complexity index is 1530. The van der Waals surface area contributed by atoms with Gasteiger partial charge in [-0.2, -0.15) is 13.2 Å². The number of nitrogens with zero attached hydrogens (tertiary/aromatic N) is 5. The summed E-state index contributed by atoms with van der Waals surface area (Å²) in [5, 5.41) is 7.72. The molecule has 2 atom stereocenters. The second-order valence-corrected chi connectivity index (χ2v) is 12.2. The average molecular weight is 570 g/mol. The van der Waals surface area contributed by atoms with Gasteiger partial charge in [-0.1, -0.05) is 12.1 Å². The van der Waals surface area contributed by atoms with Gasteiger partial charge in [-0.25, -0.2) is 4.39 Å². The van der Waals surface area contributed by atoms with E-state index in [1.165, 1.54) is 34.7 Å². The van der Waals surface area contributed by atoms with E-state index >= 15 is 4.39 Å². The molecular formula is C30H31F4N5O2. The van der Waals surface area contributed by atoms with Crippen molar-refractivity contribution in [1.82, 2.24) is 19.7 Å². The molecule has 2 aromatic carbocycles. The normalized spacial score (nSPS) is 22.6. The number of ether oxygens (including phenoxy) is 1. The molecule has 11 heteroatoms. The van der Waals surface area contributed by atoms with Crippen molar-refractivity contribution in [2.24, 2.45) is 12.5 Å². The van der Waals surface area contributed by atoms with Gasteiger partial charge < -0.3 is 14.2 Å². The van der Waals surface area contributed by atoms with Crippen LogP contribution in [-0.2, 0) is 29.9 Å². The number of hydrogen-bond acceptors (Lipinski definition) is 5. The summed E-state index contributed by atoms with van der Waals surface area (Å²) in [6.45, 7) is 3.66. The van der Waals surface area contributed by atoms with Crippen LogP contribution in [0.2, 0.25) is 0 Å². The molecule has 1 spiro atoms. The van der Waals surface area contributed by atoms with Crippen LogP contribution in [0.4, 0.5) is 23.2 Å². The first-order valence-electron chi connectivity index (χ1n) is 14.0. The van der Waals surface area contributed by atoms with E-state index in [-0.39, 0.29) is 42.8 Å². The third-order valence-electron chi connectivity index (χ3n) is 9.73. The summed E-state index contributed by atoms with van der Waals surface area (Å²) >= 11 is 0. The van der Waals surface area contributed by atoms with Crippen molar-refractivity contribution in [3.05, 3.63) is 76.4 Å². The minimum atomic E-state index is -4.61. The number of hydrogen-bond donors (Lipinski definition) is 0. The minimum absolute atomic E-state index is 0.0203. The number of alkyl halides is 4. The zero-order chi connectivity index (χ0) is 28.7. The third kappa shape index (κ3) is 4.19. The second kappa shape index (κ2) is 9.09. The Kier molecular flexibility index (Phi) is 5.90. The quantitative estimate of drug-likeness (QED) is 0.366. The average Bonchev–Trinajstić information content (AvgIpc) is 3.19. The topological polar surface area (TPSA) is 63.5 Å². The fourth-order valence-electron chi connectivity index (χ4n) is 6.76. The summed E-state index contributed by atoms with van der Waals surface area (Å²) in [5.74, 6) is -0.328. The van der Waals surface area contributed by atoms with E-state index in [0.717, 1.165) is 19.5 Å². The molecule has 4 heterocycles. The molecule has 4 aliphatic rings. The Hall–Kier alpha value is -3.31. The number of carbonyl (C=O) groups is 1. The molecule has 0 N–H and O–H groups in total. The highest BCUT2D eigenvalue weighted by Gasteiger charge is 2.51. The minimum Gasteiger partial charge on any atom is -0.379 e. The lowest BCUT2D eigenvalue weighted by molar-refractivity contribution is -0.138. The second-order valence-electron chi connectivity index (χ2n) is 12.2. The monoisotopic (exact) mass is 569 g/mol. The number of anilines is 1. The molecule has 1 aliphatic carbocycles. The van der Waals surface area contributed by atoms with Crippen molar-refractivity contribution < 1.29 is 27.1 Å². The standard InChI is InChI=1S/C30H31F4N5O2/c1-18(38-9-8-28(14-38)6-7-28)19-10-22-23(24(11-19)30(32,33)34)13-39(27(22)40)21-5-3-4-20(12-21)29(15-41-16-29)25(31)26-36-35-17-37(26)2/h3-5,10-12,17-18,25H,6-9,13-16H2,1-2H3/t18?,25-/m0/s1. The first-order chi connectivity index (χ1) is 19.5. The zero-order valence-electron chi connectivity index (χ0n) is 22.9. The van der Waals surface area contributed by atoms with Gasteiger partial charge in [-0.05, 0) is 79.1 Å². The number of carbonyl (C=O) groups excluding carboxylic acids is 1. The van der Waals surface area contributed by atoms with Crippen LogP contribution in [0.25, 0.3) is 0 Å². The number of fused-ring (bicyclic) bond motifs is 1. The molecule has 7 nitrogen and oxygen atoms in total. The molecule has 3 fully saturated rings. The molecule has 3 aliphatic heterocycles. The number of likely N-dealkylation sites (tertiary alicyclic amines) is 1. The molecule has 1 amide bonds. The maximum atomic E-state index is 15.9. The number of aromatic nitrogens is 3. The number of halogens is 4. The van der Waals surface area contributed by atoms with E-state index in [1.807, 2.05) is 6.92 Å². The van der Waals surface area contributed by atoms with E-state index in [9.17, 15) is 18.0 Å². The smallest absolute Gasteiger partial charge is 0.379 e. The Balaban J connectivity index is 1.22. The van der Waals surface area contributed by atoms with Gasteiger partial charge in [0, 0.05) is 30.9 Å². The molecule has 1 aromatic heterocycles. The van der Waals surface area contributed by atoms with Gasteiger partial charge in [-0.15, -0.1) is 10.2 Å². The van der Waals surface area contributed by atoms with Crippen LogP contribution in [0.3, 0.4) is 0 Å². The van der Waals surface area contributed by atoms with E-state index < -0.39 is 29.2 Å². The predicted octanol–water partition coefficient (Wildman–Crippen LogP) is 5.52. The molecule has 0 bridgehead atoms. The highest BCUT2D eigenvalue weighted by atomic mass is 19.4. The first kappa shape index (κ1) is 26.6. The Labute approximate surface area is 235 Å². The van der Waals surface area contributed by atoms with Gasteiger partial charge in [0.05, 0.1) is 30.7 Å². The van der Waals surface area contributed by atoms with Gasteiger partial charge in [0.2, 0.25) is 0 Å². The molecule has 216 valence electrons. The zero-order valence-corrected chi connectivity index (χ0v) is 22.9. The Morgan fingerprint density at radius 2 is 1.88 bits per heavy atom.